The molecule has 3 rings (SSSR count). The highest BCUT2D eigenvalue weighted by atomic mass is 32.1. The van der Waals surface area contributed by atoms with Crippen LogP contribution < -0.4 is 0 Å². The van der Waals surface area contributed by atoms with E-state index in [9.17, 15) is 0 Å². The van der Waals surface area contributed by atoms with Crippen molar-refractivity contribution in [2.24, 2.45) is 5.92 Å². The summed E-state index contributed by atoms with van der Waals surface area (Å²) >= 11 is 1.60. The lowest BCUT2D eigenvalue weighted by atomic mass is 10.0. The molecule has 0 radical (unpaired) electrons. The fraction of sp³-hybridized carbons (Fsp3) is 0.455. The number of aliphatic hydroxyl groups is 1. The number of nitrogens with zero attached hydrogens (tertiary/aromatic N) is 3. The highest BCUT2D eigenvalue weighted by Crippen LogP contribution is 2.23. The van der Waals surface area contributed by atoms with Crippen molar-refractivity contribution >= 4 is 11.3 Å². The van der Waals surface area contributed by atoms with Crippen molar-refractivity contribution in [1.29, 1.82) is 0 Å². The second kappa shape index (κ2) is 4.56. The van der Waals surface area contributed by atoms with Crippen molar-refractivity contribution in [2.75, 3.05) is 19.7 Å². The average molecular weight is 251 g/mol. The average Bonchev–Trinajstić information content (AvgIpc) is 2.92. The fourth-order valence-corrected chi connectivity index (χ4v) is 2.59. The van der Waals surface area contributed by atoms with Crippen molar-refractivity contribution < 1.29 is 9.63 Å². The summed E-state index contributed by atoms with van der Waals surface area (Å²) in [5.41, 5.74) is 0. The Morgan fingerprint density at radius 1 is 1.53 bits per heavy atom. The Labute approximate surface area is 103 Å². The fourth-order valence-electron chi connectivity index (χ4n) is 1.94. The lowest BCUT2D eigenvalue weighted by Gasteiger charge is -2.36. The number of aliphatic hydroxyl groups excluding tert-OH is 1. The predicted octanol–water partition coefficient (Wildman–Crippen LogP) is 1.22. The summed E-state index contributed by atoms with van der Waals surface area (Å²) in [5.74, 6) is 1.72. The molecule has 0 aromatic carbocycles. The minimum absolute atomic E-state index is 0.265. The molecule has 1 aliphatic rings. The quantitative estimate of drug-likeness (QED) is 0.885. The van der Waals surface area contributed by atoms with Gasteiger partial charge in [-0.15, -0.1) is 11.3 Å². The van der Waals surface area contributed by atoms with Crippen molar-refractivity contribution in [3.8, 4) is 10.7 Å². The summed E-state index contributed by atoms with van der Waals surface area (Å²) in [6.07, 6.45) is 0. The summed E-state index contributed by atoms with van der Waals surface area (Å²) < 4.78 is 5.21. The second-order valence-electron chi connectivity index (χ2n) is 4.23. The molecule has 1 fully saturated rings. The first kappa shape index (κ1) is 10.9. The van der Waals surface area contributed by atoms with Gasteiger partial charge in [-0.2, -0.15) is 4.98 Å². The van der Waals surface area contributed by atoms with Gasteiger partial charge in [-0.25, -0.2) is 0 Å². The largest absolute Gasteiger partial charge is 0.396 e. The topological polar surface area (TPSA) is 62.4 Å². The molecular weight excluding hydrogens is 238 g/mol. The van der Waals surface area contributed by atoms with Gasteiger partial charge < -0.3 is 9.63 Å². The van der Waals surface area contributed by atoms with Crippen molar-refractivity contribution in [3.05, 3.63) is 23.4 Å². The van der Waals surface area contributed by atoms with Crippen LogP contribution in [0.25, 0.3) is 10.7 Å². The van der Waals surface area contributed by atoms with Crippen LogP contribution in [0.1, 0.15) is 5.89 Å². The molecule has 90 valence electrons. The van der Waals surface area contributed by atoms with Crippen LogP contribution in [0.4, 0.5) is 0 Å². The van der Waals surface area contributed by atoms with E-state index in [-0.39, 0.29) is 6.61 Å². The zero-order valence-corrected chi connectivity index (χ0v) is 10.1. The van der Waals surface area contributed by atoms with E-state index in [2.05, 4.69) is 15.0 Å². The SMILES string of the molecule is OCC1CN(Cc2nc(-c3cccs3)no2)C1. The van der Waals surface area contributed by atoms with Crippen LogP contribution in [0, 0.1) is 5.92 Å². The highest BCUT2D eigenvalue weighted by molar-refractivity contribution is 7.13. The molecule has 6 heteroatoms. The molecule has 1 aliphatic heterocycles. The van der Waals surface area contributed by atoms with E-state index in [1.807, 2.05) is 17.5 Å². The van der Waals surface area contributed by atoms with E-state index in [1.54, 1.807) is 11.3 Å². The van der Waals surface area contributed by atoms with Crippen LogP contribution in [0.2, 0.25) is 0 Å². The maximum absolute atomic E-state index is 8.92. The Bertz CT molecular complexity index is 477. The van der Waals surface area contributed by atoms with Gasteiger partial charge in [0.25, 0.3) is 0 Å². The zero-order chi connectivity index (χ0) is 11.7. The lowest BCUT2D eigenvalue weighted by molar-refractivity contribution is 0.0402. The Morgan fingerprint density at radius 3 is 3.12 bits per heavy atom. The first-order chi connectivity index (χ1) is 8.35. The molecule has 0 unspecified atom stereocenters. The number of hydrogen-bond donors (Lipinski definition) is 1. The van der Waals surface area contributed by atoms with Gasteiger partial charge in [-0.1, -0.05) is 11.2 Å². The smallest absolute Gasteiger partial charge is 0.241 e. The van der Waals surface area contributed by atoms with Crippen LogP contribution in [0.3, 0.4) is 0 Å². The van der Waals surface area contributed by atoms with Gasteiger partial charge in [0.05, 0.1) is 11.4 Å². The molecule has 0 amide bonds. The summed E-state index contributed by atoms with van der Waals surface area (Å²) in [6.45, 7) is 2.76. The third kappa shape index (κ3) is 2.24. The van der Waals surface area contributed by atoms with E-state index < -0.39 is 0 Å². The van der Waals surface area contributed by atoms with E-state index >= 15 is 0 Å². The van der Waals surface area contributed by atoms with E-state index in [0.29, 0.717) is 24.2 Å². The minimum atomic E-state index is 0.265. The number of hydrogen-bond acceptors (Lipinski definition) is 6. The molecule has 17 heavy (non-hydrogen) atoms. The molecule has 2 aromatic heterocycles. The summed E-state index contributed by atoms with van der Waals surface area (Å²) in [6, 6.07) is 3.95. The van der Waals surface area contributed by atoms with Crippen LogP contribution >= 0.6 is 11.3 Å². The molecule has 0 atom stereocenters. The van der Waals surface area contributed by atoms with Gasteiger partial charge in [0, 0.05) is 25.6 Å². The first-order valence-electron chi connectivity index (χ1n) is 5.55. The second-order valence-corrected chi connectivity index (χ2v) is 5.18. The Balaban J connectivity index is 1.62. The van der Waals surface area contributed by atoms with E-state index in [4.69, 9.17) is 9.63 Å². The van der Waals surface area contributed by atoms with Crippen LogP contribution in [-0.4, -0.2) is 39.8 Å². The Morgan fingerprint density at radius 2 is 2.41 bits per heavy atom. The van der Waals surface area contributed by atoms with Gasteiger partial charge in [-0.05, 0) is 11.4 Å². The van der Waals surface area contributed by atoms with Crippen molar-refractivity contribution in [3.63, 3.8) is 0 Å². The van der Waals surface area contributed by atoms with Crippen molar-refractivity contribution in [2.45, 2.75) is 6.54 Å². The van der Waals surface area contributed by atoms with Gasteiger partial charge >= 0.3 is 0 Å². The number of aromatic nitrogens is 2. The maximum atomic E-state index is 8.92. The Hall–Kier alpha value is -1.24. The highest BCUT2D eigenvalue weighted by Gasteiger charge is 2.27. The van der Waals surface area contributed by atoms with E-state index in [1.165, 1.54) is 0 Å². The molecule has 1 saturated heterocycles. The van der Waals surface area contributed by atoms with Gasteiger partial charge in [-0.3, -0.25) is 4.90 Å². The molecule has 2 aromatic rings. The van der Waals surface area contributed by atoms with Crippen LogP contribution in [-0.2, 0) is 6.54 Å². The molecular formula is C11H13N3O2S. The monoisotopic (exact) mass is 251 g/mol. The minimum Gasteiger partial charge on any atom is -0.396 e. The van der Waals surface area contributed by atoms with Gasteiger partial charge in [0.1, 0.15) is 0 Å². The summed E-state index contributed by atoms with van der Waals surface area (Å²) in [7, 11) is 0. The maximum Gasteiger partial charge on any atom is 0.241 e. The number of rotatable bonds is 4. The molecule has 3 heterocycles. The summed E-state index contributed by atoms with van der Waals surface area (Å²) in [5, 5.41) is 14.9. The molecule has 1 N–H and O–H groups in total. The predicted molar refractivity (Wildman–Crippen MR) is 63.5 cm³/mol. The third-order valence-electron chi connectivity index (χ3n) is 2.86. The molecule has 5 nitrogen and oxygen atoms in total. The molecule has 0 spiro atoms. The third-order valence-corrected chi connectivity index (χ3v) is 3.73. The number of likely N-dealkylation sites (tertiary alicyclic amines) is 1. The summed E-state index contributed by atoms with van der Waals surface area (Å²) in [4.78, 5) is 7.57. The lowest BCUT2D eigenvalue weighted by Crippen LogP contribution is -2.47. The van der Waals surface area contributed by atoms with Crippen molar-refractivity contribution in [1.82, 2.24) is 15.0 Å². The standard InChI is InChI=1S/C11H13N3O2S/c15-7-8-4-14(5-8)6-10-12-11(13-16-10)9-2-1-3-17-9/h1-3,8,15H,4-7H2. The zero-order valence-electron chi connectivity index (χ0n) is 9.24. The Kier molecular flexibility index (Phi) is 2.92. The van der Waals surface area contributed by atoms with Gasteiger partial charge in [0.15, 0.2) is 0 Å². The molecule has 0 bridgehead atoms. The molecule has 0 saturated carbocycles. The van der Waals surface area contributed by atoms with Gasteiger partial charge in [0.2, 0.25) is 11.7 Å². The number of thiophene rings is 1. The molecule has 0 aliphatic carbocycles. The van der Waals surface area contributed by atoms with Crippen LogP contribution in [0.15, 0.2) is 22.0 Å². The normalized spacial score (nSPS) is 17.2. The van der Waals surface area contributed by atoms with Crippen LogP contribution in [0.5, 0.6) is 0 Å². The van der Waals surface area contributed by atoms with E-state index in [0.717, 1.165) is 18.0 Å². The first-order valence-corrected chi connectivity index (χ1v) is 6.43.